The molecule has 0 amide bonds. The van der Waals surface area contributed by atoms with E-state index in [1.54, 1.807) is 6.07 Å². The molecule has 2 aromatic rings. The van der Waals surface area contributed by atoms with E-state index in [4.69, 9.17) is 0 Å². The smallest absolute Gasteiger partial charge is 0.116 e. The molecule has 70 valence electrons. The number of fused-ring (bicyclic) bond motifs is 1. The van der Waals surface area contributed by atoms with Gasteiger partial charge >= 0.3 is 0 Å². The summed E-state index contributed by atoms with van der Waals surface area (Å²) in [6.07, 6.45) is 2.60. The van der Waals surface area contributed by atoms with Gasteiger partial charge in [-0.15, -0.1) is 0 Å². The molecule has 0 bridgehead atoms. The molecule has 0 aliphatic heterocycles. The largest absolute Gasteiger partial charge is 0.508 e. The lowest BCUT2D eigenvalue weighted by Crippen LogP contribution is -1.82. The van der Waals surface area contributed by atoms with Crippen molar-refractivity contribution in [2.75, 3.05) is 0 Å². The van der Waals surface area contributed by atoms with E-state index in [1.165, 1.54) is 29.2 Å². The second-order valence-corrected chi connectivity index (χ2v) is 4.03. The molecule has 1 N–H and O–H groups in total. The van der Waals surface area contributed by atoms with Crippen LogP contribution in [0.4, 0.5) is 0 Å². The highest BCUT2D eigenvalue weighted by molar-refractivity contribution is 5.87. The molecule has 0 atom stereocenters. The van der Waals surface area contributed by atoms with Crippen LogP contribution >= 0.6 is 0 Å². The molecule has 1 fully saturated rings. The molecule has 1 aliphatic rings. The van der Waals surface area contributed by atoms with Crippen molar-refractivity contribution < 1.29 is 5.11 Å². The lowest BCUT2D eigenvalue weighted by Gasteiger charge is -2.05. The van der Waals surface area contributed by atoms with Gasteiger partial charge in [-0.3, -0.25) is 0 Å². The van der Waals surface area contributed by atoms with Crippen LogP contribution in [0.15, 0.2) is 36.4 Å². The van der Waals surface area contributed by atoms with Crippen molar-refractivity contribution in [1.29, 1.82) is 0 Å². The highest BCUT2D eigenvalue weighted by atomic mass is 16.3. The first-order valence-electron chi connectivity index (χ1n) is 5.06. The van der Waals surface area contributed by atoms with Gasteiger partial charge in [0.15, 0.2) is 0 Å². The third-order valence-electron chi connectivity index (χ3n) is 2.92. The average molecular weight is 184 g/mol. The third kappa shape index (κ3) is 1.17. The van der Waals surface area contributed by atoms with Crippen molar-refractivity contribution >= 4 is 10.8 Å². The normalized spacial score (nSPS) is 16.0. The van der Waals surface area contributed by atoms with Gasteiger partial charge < -0.3 is 5.11 Å². The van der Waals surface area contributed by atoms with Crippen LogP contribution in [0.25, 0.3) is 10.8 Å². The molecule has 0 aromatic heterocycles. The monoisotopic (exact) mass is 184 g/mol. The maximum atomic E-state index is 9.46. The van der Waals surface area contributed by atoms with Crippen LogP contribution < -0.4 is 0 Å². The van der Waals surface area contributed by atoms with E-state index in [-0.39, 0.29) is 0 Å². The van der Waals surface area contributed by atoms with Gasteiger partial charge in [-0.25, -0.2) is 0 Å². The molecule has 1 aliphatic carbocycles. The van der Waals surface area contributed by atoms with E-state index < -0.39 is 0 Å². The SMILES string of the molecule is Oc1ccc2cccc(C3CC3)c2c1. The Hall–Kier alpha value is -1.50. The van der Waals surface area contributed by atoms with Gasteiger partial charge in [0.2, 0.25) is 0 Å². The summed E-state index contributed by atoms with van der Waals surface area (Å²) in [5, 5.41) is 11.9. The molecule has 0 unspecified atom stereocenters. The fourth-order valence-corrected chi connectivity index (χ4v) is 2.04. The Kier molecular flexibility index (Phi) is 1.54. The van der Waals surface area contributed by atoms with Crippen LogP contribution in [-0.4, -0.2) is 5.11 Å². The Morgan fingerprint density at radius 2 is 1.93 bits per heavy atom. The Labute approximate surface area is 83.0 Å². The summed E-state index contributed by atoms with van der Waals surface area (Å²) in [6, 6.07) is 12.0. The highest BCUT2D eigenvalue weighted by Crippen LogP contribution is 2.43. The Morgan fingerprint density at radius 1 is 1.07 bits per heavy atom. The van der Waals surface area contributed by atoms with Crippen molar-refractivity contribution in [3.05, 3.63) is 42.0 Å². The molecular formula is C13H12O. The molecule has 3 rings (SSSR count). The molecule has 1 saturated carbocycles. The Balaban J connectivity index is 2.32. The zero-order valence-corrected chi connectivity index (χ0v) is 7.90. The Bertz CT molecular complexity index is 484. The third-order valence-corrected chi connectivity index (χ3v) is 2.92. The van der Waals surface area contributed by atoms with Crippen molar-refractivity contribution in [1.82, 2.24) is 0 Å². The van der Waals surface area contributed by atoms with Crippen LogP contribution in [-0.2, 0) is 0 Å². The van der Waals surface area contributed by atoms with Gasteiger partial charge in [-0.2, -0.15) is 0 Å². The number of phenolic OH excluding ortho intramolecular Hbond substituents is 1. The first-order valence-corrected chi connectivity index (χ1v) is 5.06. The highest BCUT2D eigenvalue weighted by Gasteiger charge is 2.24. The lowest BCUT2D eigenvalue weighted by atomic mass is 10.0. The summed E-state index contributed by atoms with van der Waals surface area (Å²) < 4.78 is 0. The first-order chi connectivity index (χ1) is 6.84. The molecule has 0 heterocycles. The molecule has 0 spiro atoms. The number of phenols is 1. The number of benzene rings is 2. The summed E-state index contributed by atoms with van der Waals surface area (Å²) in [7, 11) is 0. The molecule has 1 nitrogen and oxygen atoms in total. The Morgan fingerprint density at radius 3 is 2.71 bits per heavy atom. The van der Waals surface area contributed by atoms with E-state index in [0.717, 1.165) is 5.92 Å². The van der Waals surface area contributed by atoms with E-state index >= 15 is 0 Å². The van der Waals surface area contributed by atoms with E-state index in [2.05, 4.69) is 18.2 Å². The minimum absolute atomic E-state index is 0.366. The van der Waals surface area contributed by atoms with E-state index in [9.17, 15) is 5.11 Å². The van der Waals surface area contributed by atoms with Crippen LogP contribution in [0, 0.1) is 0 Å². The fraction of sp³-hybridized carbons (Fsp3) is 0.231. The number of aromatic hydroxyl groups is 1. The molecular weight excluding hydrogens is 172 g/mol. The number of hydrogen-bond donors (Lipinski definition) is 1. The first kappa shape index (κ1) is 7.86. The molecule has 2 aromatic carbocycles. The number of hydrogen-bond acceptors (Lipinski definition) is 1. The van der Waals surface area contributed by atoms with Crippen molar-refractivity contribution in [3.8, 4) is 5.75 Å². The average Bonchev–Trinajstić information content (AvgIpc) is 3.00. The molecule has 0 radical (unpaired) electrons. The lowest BCUT2D eigenvalue weighted by molar-refractivity contribution is 0.476. The summed E-state index contributed by atoms with van der Waals surface area (Å²) in [6.45, 7) is 0. The maximum Gasteiger partial charge on any atom is 0.116 e. The van der Waals surface area contributed by atoms with Crippen LogP contribution in [0.5, 0.6) is 5.75 Å². The molecule has 14 heavy (non-hydrogen) atoms. The van der Waals surface area contributed by atoms with Gasteiger partial charge in [0.25, 0.3) is 0 Å². The molecule has 0 saturated heterocycles. The topological polar surface area (TPSA) is 20.2 Å². The second-order valence-electron chi connectivity index (χ2n) is 4.03. The van der Waals surface area contributed by atoms with E-state index in [0.29, 0.717) is 5.75 Å². The van der Waals surface area contributed by atoms with Crippen LogP contribution in [0.2, 0.25) is 0 Å². The summed E-state index contributed by atoms with van der Waals surface area (Å²) in [5.41, 5.74) is 1.40. The quantitative estimate of drug-likeness (QED) is 0.720. The summed E-state index contributed by atoms with van der Waals surface area (Å²) in [5.74, 6) is 1.10. The predicted octanol–water partition coefficient (Wildman–Crippen LogP) is 3.42. The predicted molar refractivity (Wildman–Crippen MR) is 57.6 cm³/mol. The van der Waals surface area contributed by atoms with Crippen LogP contribution in [0.1, 0.15) is 24.3 Å². The van der Waals surface area contributed by atoms with Gasteiger partial charge in [0, 0.05) is 0 Å². The maximum absolute atomic E-state index is 9.46. The van der Waals surface area contributed by atoms with Gasteiger partial charge in [0.1, 0.15) is 5.75 Å². The zero-order valence-electron chi connectivity index (χ0n) is 7.90. The fourth-order valence-electron chi connectivity index (χ4n) is 2.04. The van der Waals surface area contributed by atoms with Crippen molar-refractivity contribution in [2.45, 2.75) is 18.8 Å². The zero-order chi connectivity index (χ0) is 9.54. The minimum Gasteiger partial charge on any atom is -0.508 e. The van der Waals surface area contributed by atoms with Crippen molar-refractivity contribution in [3.63, 3.8) is 0 Å². The number of rotatable bonds is 1. The second kappa shape index (κ2) is 2.74. The minimum atomic E-state index is 0.366. The van der Waals surface area contributed by atoms with Gasteiger partial charge in [-0.05, 0) is 47.2 Å². The standard InChI is InChI=1S/C13H12O/c14-11-7-6-9-2-1-3-12(10-4-5-10)13(9)8-11/h1-3,6-8,10,14H,4-5H2. The summed E-state index contributed by atoms with van der Waals surface area (Å²) in [4.78, 5) is 0. The van der Waals surface area contributed by atoms with Gasteiger partial charge in [0.05, 0.1) is 0 Å². The van der Waals surface area contributed by atoms with Crippen LogP contribution in [0.3, 0.4) is 0 Å². The van der Waals surface area contributed by atoms with E-state index in [1.807, 2.05) is 12.1 Å². The van der Waals surface area contributed by atoms with Gasteiger partial charge in [-0.1, -0.05) is 24.3 Å². The summed E-state index contributed by atoms with van der Waals surface area (Å²) >= 11 is 0. The molecule has 1 heteroatoms. The van der Waals surface area contributed by atoms with Crippen molar-refractivity contribution in [2.24, 2.45) is 0 Å².